The summed E-state index contributed by atoms with van der Waals surface area (Å²) in [6.07, 6.45) is 1.26. The fourth-order valence-electron chi connectivity index (χ4n) is 2.16. The van der Waals surface area contributed by atoms with Crippen molar-refractivity contribution in [2.24, 2.45) is 5.92 Å². The second-order valence-electron chi connectivity index (χ2n) is 4.56. The van der Waals surface area contributed by atoms with E-state index in [-0.39, 0.29) is 5.78 Å². The lowest BCUT2D eigenvalue weighted by Crippen LogP contribution is -2.19. The Balaban J connectivity index is 2.24. The normalized spacial score (nSPS) is 20.2. The molecule has 1 heterocycles. The number of halogens is 1. The standard InChI is InChI=1S/C13H16BrNO/c1-9-5-6-15(8-9)11-3-4-12(10(2)16)13(14)7-11/h3-4,7,9H,5-6,8H2,1-2H3. The van der Waals surface area contributed by atoms with Gasteiger partial charge in [0, 0.05) is 28.8 Å². The number of hydrogen-bond acceptors (Lipinski definition) is 2. The summed E-state index contributed by atoms with van der Waals surface area (Å²) in [5.74, 6) is 0.875. The van der Waals surface area contributed by atoms with Crippen molar-refractivity contribution in [2.75, 3.05) is 18.0 Å². The highest BCUT2D eigenvalue weighted by molar-refractivity contribution is 9.10. The zero-order valence-corrected chi connectivity index (χ0v) is 11.3. The molecule has 0 aliphatic carbocycles. The van der Waals surface area contributed by atoms with Gasteiger partial charge in [0.2, 0.25) is 0 Å². The van der Waals surface area contributed by atoms with Crippen LogP contribution in [0, 0.1) is 5.92 Å². The van der Waals surface area contributed by atoms with Crippen LogP contribution >= 0.6 is 15.9 Å². The fraction of sp³-hybridized carbons (Fsp3) is 0.462. The molecular weight excluding hydrogens is 266 g/mol. The van der Waals surface area contributed by atoms with Crippen LogP contribution in [-0.4, -0.2) is 18.9 Å². The van der Waals surface area contributed by atoms with E-state index >= 15 is 0 Å². The van der Waals surface area contributed by atoms with Crippen LogP contribution in [0.1, 0.15) is 30.6 Å². The quantitative estimate of drug-likeness (QED) is 0.774. The lowest BCUT2D eigenvalue weighted by molar-refractivity contribution is 0.101. The SMILES string of the molecule is CC(=O)c1ccc(N2CCC(C)C2)cc1Br. The van der Waals surface area contributed by atoms with Crippen molar-refractivity contribution in [2.45, 2.75) is 20.3 Å². The molecule has 2 nitrogen and oxygen atoms in total. The molecule has 0 saturated carbocycles. The largest absolute Gasteiger partial charge is 0.371 e. The molecule has 0 radical (unpaired) electrons. The van der Waals surface area contributed by atoms with Crippen molar-refractivity contribution < 1.29 is 4.79 Å². The van der Waals surface area contributed by atoms with E-state index in [2.05, 4.69) is 33.8 Å². The Morgan fingerprint density at radius 1 is 1.50 bits per heavy atom. The van der Waals surface area contributed by atoms with E-state index in [1.807, 2.05) is 12.1 Å². The minimum Gasteiger partial charge on any atom is -0.371 e. The highest BCUT2D eigenvalue weighted by Crippen LogP contribution is 2.28. The lowest BCUT2D eigenvalue weighted by Gasteiger charge is -2.19. The molecule has 0 amide bonds. The van der Waals surface area contributed by atoms with Gasteiger partial charge in [0.25, 0.3) is 0 Å². The van der Waals surface area contributed by atoms with Gasteiger partial charge in [-0.1, -0.05) is 6.92 Å². The van der Waals surface area contributed by atoms with Crippen LogP contribution in [0.5, 0.6) is 0 Å². The number of rotatable bonds is 2. The van der Waals surface area contributed by atoms with Crippen molar-refractivity contribution in [1.29, 1.82) is 0 Å². The fourth-order valence-corrected chi connectivity index (χ4v) is 2.80. The number of carbonyl (C=O) groups excluding carboxylic acids is 1. The molecule has 1 saturated heterocycles. The summed E-state index contributed by atoms with van der Waals surface area (Å²) < 4.78 is 0.900. The average molecular weight is 282 g/mol. The van der Waals surface area contributed by atoms with Gasteiger partial charge >= 0.3 is 0 Å². The highest BCUT2D eigenvalue weighted by Gasteiger charge is 2.19. The maximum atomic E-state index is 11.3. The molecule has 3 heteroatoms. The number of benzene rings is 1. The molecule has 0 aromatic heterocycles. The van der Waals surface area contributed by atoms with Crippen LogP contribution in [0.15, 0.2) is 22.7 Å². The van der Waals surface area contributed by atoms with Gasteiger partial charge in [-0.2, -0.15) is 0 Å². The van der Waals surface area contributed by atoms with Crippen LogP contribution in [0.25, 0.3) is 0 Å². The van der Waals surface area contributed by atoms with Gasteiger partial charge in [0.15, 0.2) is 5.78 Å². The molecule has 1 aliphatic heterocycles. The number of anilines is 1. The first-order valence-electron chi connectivity index (χ1n) is 5.63. The third-order valence-electron chi connectivity index (χ3n) is 3.12. The second-order valence-corrected chi connectivity index (χ2v) is 5.41. The van der Waals surface area contributed by atoms with Crippen LogP contribution in [0.4, 0.5) is 5.69 Å². The Morgan fingerprint density at radius 3 is 2.75 bits per heavy atom. The molecular formula is C13H16BrNO. The lowest BCUT2D eigenvalue weighted by atomic mass is 10.1. The summed E-state index contributed by atoms with van der Waals surface area (Å²) in [4.78, 5) is 13.7. The van der Waals surface area contributed by atoms with Crippen LogP contribution in [0.2, 0.25) is 0 Å². The van der Waals surface area contributed by atoms with Crippen molar-refractivity contribution >= 4 is 27.4 Å². The van der Waals surface area contributed by atoms with E-state index in [1.54, 1.807) is 6.92 Å². The predicted molar refractivity (Wildman–Crippen MR) is 70.1 cm³/mol. The van der Waals surface area contributed by atoms with Crippen LogP contribution in [-0.2, 0) is 0 Å². The number of nitrogens with zero attached hydrogens (tertiary/aromatic N) is 1. The van der Waals surface area contributed by atoms with E-state index in [0.29, 0.717) is 0 Å². The van der Waals surface area contributed by atoms with E-state index in [1.165, 1.54) is 12.1 Å². The summed E-state index contributed by atoms with van der Waals surface area (Å²) in [6, 6.07) is 6.00. The maximum absolute atomic E-state index is 11.3. The number of carbonyl (C=O) groups is 1. The van der Waals surface area contributed by atoms with Crippen molar-refractivity contribution in [3.8, 4) is 0 Å². The minimum absolute atomic E-state index is 0.105. The van der Waals surface area contributed by atoms with E-state index in [9.17, 15) is 4.79 Å². The van der Waals surface area contributed by atoms with Crippen molar-refractivity contribution in [3.05, 3.63) is 28.2 Å². The molecule has 0 bridgehead atoms. The zero-order chi connectivity index (χ0) is 11.7. The maximum Gasteiger partial charge on any atom is 0.160 e. The Bertz CT molecular complexity index is 416. The van der Waals surface area contributed by atoms with E-state index in [4.69, 9.17) is 0 Å². The van der Waals surface area contributed by atoms with Gasteiger partial charge in [0.1, 0.15) is 0 Å². The third kappa shape index (κ3) is 2.29. The molecule has 16 heavy (non-hydrogen) atoms. The van der Waals surface area contributed by atoms with Crippen molar-refractivity contribution in [3.63, 3.8) is 0 Å². The molecule has 1 fully saturated rings. The summed E-state index contributed by atoms with van der Waals surface area (Å²) in [5.41, 5.74) is 1.97. The number of Topliss-reactive ketones (excluding diaryl/α,β-unsaturated/α-hetero) is 1. The van der Waals surface area contributed by atoms with Gasteiger partial charge < -0.3 is 4.90 Å². The third-order valence-corrected chi connectivity index (χ3v) is 3.78. The smallest absolute Gasteiger partial charge is 0.160 e. The molecule has 1 aliphatic rings. The monoisotopic (exact) mass is 281 g/mol. The van der Waals surface area contributed by atoms with Crippen molar-refractivity contribution in [1.82, 2.24) is 0 Å². The molecule has 1 aromatic carbocycles. The number of hydrogen-bond donors (Lipinski definition) is 0. The minimum atomic E-state index is 0.105. The molecule has 0 N–H and O–H groups in total. The van der Waals surface area contributed by atoms with Crippen LogP contribution in [0.3, 0.4) is 0 Å². The highest BCUT2D eigenvalue weighted by atomic mass is 79.9. The summed E-state index contributed by atoms with van der Waals surface area (Å²) >= 11 is 3.46. The average Bonchev–Trinajstić information content (AvgIpc) is 2.64. The van der Waals surface area contributed by atoms with Gasteiger partial charge in [-0.05, 0) is 53.4 Å². The van der Waals surface area contributed by atoms with E-state index < -0.39 is 0 Å². The molecule has 0 spiro atoms. The topological polar surface area (TPSA) is 20.3 Å². The summed E-state index contributed by atoms with van der Waals surface area (Å²) in [7, 11) is 0. The van der Waals surface area contributed by atoms with Gasteiger partial charge in [-0.15, -0.1) is 0 Å². The Morgan fingerprint density at radius 2 is 2.25 bits per heavy atom. The summed E-state index contributed by atoms with van der Waals surface area (Å²) in [5, 5.41) is 0. The molecule has 1 unspecified atom stereocenters. The van der Waals surface area contributed by atoms with Gasteiger partial charge in [-0.3, -0.25) is 4.79 Å². The predicted octanol–water partition coefficient (Wildman–Crippen LogP) is 3.50. The van der Waals surface area contributed by atoms with Gasteiger partial charge in [0.05, 0.1) is 0 Å². The number of ketones is 1. The van der Waals surface area contributed by atoms with Crippen LogP contribution < -0.4 is 4.90 Å². The Labute approximate surface area is 105 Å². The Hall–Kier alpha value is -0.830. The van der Waals surface area contributed by atoms with Gasteiger partial charge in [-0.25, -0.2) is 0 Å². The molecule has 1 aromatic rings. The molecule has 2 rings (SSSR count). The second kappa shape index (κ2) is 4.58. The zero-order valence-electron chi connectivity index (χ0n) is 9.66. The Kier molecular flexibility index (Phi) is 3.33. The first kappa shape index (κ1) is 11.6. The first-order chi connectivity index (χ1) is 7.58. The first-order valence-corrected chi connectivity index (χ1v) is 6.42. The van der Waals surface area contributed by atoms with E-state index in [0.717, 1.165) is 29.0 Å². The molecule has 86 valence electrons. The summed E-state index contributed by atoms with van der Waals surface area (Å²) in [6.45, 7) is 6.11. The molecule has 1 atom stereocenters.